The molecule has 0 unspecified atom stereocenters. The number of hydrogen-bond donors (Lipinski definition) is 1. The molecule has 170 valence electrons. The third kappa shape index (κ3) is 5.79. The number of aromatic nitrogens is 3. The Bertz CT molecular complexity index is 939. The lowest BCUT2D eigenvalue weighted by atomic mass is 9.93. The first-order valence-corrected chi connectivity index (χ1v) is 11.2. The van der Waals surface area contributed by atoms with Crippen molar-refractivity contribution in [2.75, 3.05) is 44.7 Å². The molecule has 1 atom stereocenters. The molecule has 32 heavy (non-hydrogen) atoms. The topological polar surface area (TPSA) is 101 Å². The Morgan fingerprint density at radius 2 is 2.16 bits per heavy atom. The van der Waals surface area contributed by atoms with Gasteiger partial charge in [-0.25, -0.2) is 4.98 Å². The number of likely N-dealkylation sites (tertiary alicyclic amines) is 2. The number of nitrogens with one attached hydrogen (secondary N) is 1. The Kier molecular flexibility index (Phi) is 7.26. The number of piperidine rings is 1. The molecule has 0 radical (unpaired) electrons. The molecular weight excluding hydrogens is 408 g/mol. The van der Waals surface area contributed by atoms with Crippen molar-refractivity contribution < 1.29 is 14.3 Å². The van der Waals surface area contributed by atoms with Crippen LogP contribution in [0.1, 0.15) is 43.0 Å². The van der Waals surface area contributed by atoms with E-state index in [1.165, 1.54) is 0 Å². The minimum absolute atomic E-state index is 0.00647. The maximum Gasteiger partial charge on any atom is 0.248 e. The van der Waals surface area contributed by atoms with E-state index in [2.05, 4.69) is 15.3 Å². The van der Waals surface area contributed by atoms with Gasteiger partial charge in [0.1, 0.15) is 12.4 Å². The number of amides is 2. The molecule has 4 rings (SSSR count). The molecule has 0 spiro atoms. The lowest BCUT2D eigenvalue weighted by molar-refractivity contribution is -0.137. The van der Waals surface area contributed by atoms with Crippen LogP contribution in [-0.4, -0.2) is 76.0 Å². The highest BCUT2D eigenvalue weighted by Crippen LogP contribution is 2.28. The average Bonchev–Trinajstić information content (AvgIpc) is 3.21. The number of pyridine rings is 1. The summed E-state index contributed by atoms with van der Waals surface area (Å²) in [6.07, 6.45) is 8.41. The maximum atomic E-state index is 12.7. The second-order valence-electron chi connectivity index (χ2n) is 8.35. The van der Waals surface area contributed by atoms with Gasteiger partial charge in [-0.05, 0) is 38.3 Å². The van der Waals surface area contributed by atoms with Crippen molar-refractivity contribution in [1.29, 1.82) is 0 Å². The van der Waals surface area contributed by atoms with Crippen LogP contribution in [0.15, 0.2) is 30.7 Å². The number of nitrogens with zero attached hydrogens (tertiary/aromatic N) is 5. The third-order valence-electron chi connectivity index (χ3n) is 5.90. The second-order valence-corrected chi connectivity index (χ2v) is 8.35. The summed E-state index contributed by atoms with van der Waals surface area (Å²) in [5.41, 5.74) is 2.80. The van der Waals surface area contributed by atoms with Crippen LogP contribution in [0.4, 0.5) is 11.5 Å². The number of rotatable bonds is 8. The molecule has 9 heteroatoms. The van der Waals surface area contributed by atoms with Gasteiger partial charge in [-0.15, -0.1) is 0 Å². The van der Waals surface area contributed by atoms with Crippen LogP contribution in [0.5, 0.6) is 0 Å². The first-order valence-electron chi connectivity index (χ1n) is 11.2. The highest BCUT2D eigenvalue weighted by Gasteiger charge is 2.26. The zero-order valence-corrected chi connectivity index (χ0v) is 18.5. The zero-order chi connectivity index (χ0) is 22.3. The van der Waals surface area contributed by atoms with E-state index < -0.39 is 0 Å². The van der Waals surface area contributed by atoms with Gasteiger partial charge >= 0.3 is 0 Å². The number of carbonyl (C=O) groups excluding carboxylic acids is 2. The van der Waals surface area contributed by atoms with E-state index in [4.69, 9.17) is 9.72 Å². The predicted molar refractivity (Wildman–Crippen MR) is 119 cm³/mol. The number of hydrogen-bond acceptors (Lipinski definition) is 7. The normalized spacial score (nSPS) is 18.8. The van der Waals surface area contributed by atoms with E-state index in [-0.39, 0.29) is 24.3 Å². The molecule has 2 fully saturated rings. The lowest BCUT2D eigenvalue weighted by Gasteiger charge is -2.32. The van der Waals surface area contributed by atoms with Gasteiger partial charge in [-0.2, -0.15) is 0 Å². The number of anilines is 2. The Balaban J connectivity index is 1.31. The third-order valence-corrected chi connectivity index (χ3v) is 5.90. The summed E-state index contributed by atoms with van der Waals surface area (Å²) in [6, 6.07) is 4.01. The molecule has 0 aliphatic carbocycles. The zero-order valence-electron chi connectivity index (χ0n) is 18.5. The first-order chi connectivity index (χ1) is 15.6. The Morgan fingerprint density at radius 3 is 2.94 bits per heavy atom. The fourth-order valence-electron chi connectivity index (χ4n) is 4.30. The van der Waals surface area contributed by atoms with Gasteiger partial charge < -0.3 is 19.9 Å². The highest BCUT2D eigenvalue weighted by atomic mass is 16.5. The molecule has 4 heterocycles. The van der Waals surface area contributed by atoms with E-state index in [9.17, 15) is 9.59 Å². The number of ether oxygens (including phenoxy) is 1. The summed E-state index contributed by atoms with van der Waals surface area (Å²) >= 11 is 0. The molecule has 0 bridgehead atoms. The van der Waals surface area contributed by atoms with Crippen LogP contribution < -0.4 is 5.32 Å². The van der Waals surface area contributed by atoms with E-state index in [1.807, 2.05) is 24.0 Å². The Hall–Kier alpha value is -3.07. The Morgan fingerprint density at radius 1 is 1.25 bits per heavy atom. The van der Waals surface area contributed by atoms with Crippen molar-refractivity contribution in [2.45, 2.75) is 38.5 Å². The molecular formula is C23H30N6O3. The largest absolute Gasteiger partial charge is 0.370 e. The van der Waals surface area contributed by atoms with Crippen LogP contribution >= 0.6 is 0 Å². The van der Waals surface area contributed by atoms with Crippen molar-refractivity contribution in [3.05, 3.63) is 42.1 Å². The molecule has 0 saturated carbocycles. The summed E-state index contributed by atoms with van der Waals surface area (Å²) in [4.78, 5) is 41.1. The standard InChI is InChI=1S/C23H30N6O3/c1-17-12-19(27-21-14-24-6-7-25-21)13-20(26-17)18-4-2-9-29(15-18)23(31)16-32-11-10-28-8-3-5-22(28)30/h6-7,12-14,18H,2-5,8-11,15-16H2,1H3,(H,25,26,27)/t18-/m1/s1. The summed E-state index contributed by atoms with van der Waals surface area (Å²) in [5, 5.41) is 3.28. The van der Waals surface area contributed by atoms with Crippen molar-refractivity contribution in [1.82, 2.24) is 24.8 Å². The average molecular weight is 439 g/mol. The van der Waals surface area contributed by atoms with E-state index in [1.54, 1.807) is 23.5 Å². The lowest BCUT2D eigenvalue weighted by Crippen LogP contribution is -2.41. The van der Waals surface area contributed by atoms with Gasteiger partial charge in [-0.1, -0.05) is 0 Å². The molecule has 9 nitrogen and oxygen atoms in total. The summed E-state index contributed by atoms with van der Waals surface area (Å²) in [5.74, 6) is 1.03. The molecule has 2 aromatic heterocycles. The van der Waals surface area contributed by atoms with Gasteiger partial charge in [0.05, 0.1) is 12.8 Å². The SMILES string of the molecule is Cc1cc(Nc2cnccn2)cc([C@@H]2CCCN(C(=O)COCCN3CCCC3=O)C2)n1. The predicted octanol–water partition coefficient (Wildman–Crippen LogP) is 2.27. The highest BCUT2D eigenvalue weighted by molar-refractivity contribution is 5.78. The summed E-state index contributed by atoms with van der Waals surface area (Å²) in [7, 11) is 0. The fourth-order valence-corrected chi connectivity index (χ4v) is 4.30. The fraction of sp³-hybridized carbons (Fsp3) is 0.522. The molecule has 2 aliphatic rings. The van der Waals surface area contributed by atoms with Gasteiger partial charge in [-0.3, -0.25) is 19.6 Å². The molecule has 2 amide bonds. The summed E-state index contributed by atoms with van der Waals surface area (Å²) < 4.78 is 5.58. The molecule has 2 aromatic rings. The van der Waals surface area contributed by atoms with Crippen LogP contribution in [0, 0.1) is 6.92 Å². The summed E-state index contributed by atoms with van der Waals surface area (Å²) in [6.45, 7) is 5.13. The van der Waals surface area contributed by atoms with Gasteiger partial charge in [0, 0.05) is 68.0 Å². The quantitative estimate of drug-likeness (QED) is 0.631. The van der Waals surface area contributed by atoms with Crippen molar-refractivity contribution >= 4 is 23.3 Å². The van der Waals surface area contributed by atoms with E-state index in [0.29, 0.717) is 31.9 Å². The first kappa shape index (κ1) is 22.1. The molecule has 0 aromatic carbocycles. The van der Waals surface area contributed by atoms with Crippen molar-refractivity contribution in [3.8, 4) is 0 Å². The van der Waals surface area contributed by atoms with Crippen LogP contribution in [0.3, 0.4) is 0 Å². The minimum atomic E-state index is -0.00647. The van der Waals surface area contributed by atoms with Gasteiger partial charge in [0.25, 0.3) is 0 Å². The Labute approximate surface area is 188 Å². The van der Waals surface area contributed by atoms with E-state index >= 15 is 0 Å². The van der Waals surface area contributed by atoms with Crippen molar-refractivity contribution in [2.24, 2.45) is 0 Å². The number of aryl methyl sites for hydroxylation is 1. The van der Waals surface area contributed by atoms with Gasteiger partial charge in [0.15, 0.2) is 0 Å². The maximum absolute atomic E-state index is 12.7. The molecule has 2 aliphatic heterocycles. The minimum Gasteiger partial charge on any atom is -0.370 e. The smallest absolute Gasteiger partial charge is 0.248 e. The van der Waals surface area contributed by atoms with E-state index in [0.717, 1.165) is 49.4 Å². The van der Waals surface area contributed by atoms with Gasteiger partial charge in [0.2, 0.25) is 11.8 Å². The molecule has 2 saturated heterocycles. The monoisotopic (exact) mass is 438 g/mol. The molecule has 1 N–H and O–H groups in total. The van der Waals surface area contributed by atoms with Crippen LogP contribution in [0.2, 0.25) is 0 Å². The van der Waals surface area contributed by atoms with Crippen molar-refractivity contribution in [3.63, 3.8) is 0 Å². The second kappa shape index (κ2) is 10.5. The van der Waals surface area contributed by atoms with Crippen LogP contribution in [-0.2, 0) is 14.3 Å². The van der Waals surface area contributed by atoms with Crippen LogP contribution in [0.25, 0.3) is 0 Å². The number of carbonyl (C=O) groups is 2.